The minimum atomic E-state index is -4.29. The number of benzene rings is 3. The predicted molar refractivity (Wildman–Crippen MR) is 180 cm³/mol. The summed E-state index contributed by atoms with van der Waals surface area (Å²) in [7, 11) is -1.11. The normalized spacial score (nSPS) is 17.7. The average molecular weight is 718 g/mol. The number of urea groups is 1. The van der Waals surface area contributed by atoms with Gasteiger partial charge in [-0.15, -0.1) is 0 Å². The number of anilines is 2. The number of aromatic nitrogens is 1. The molecule has 3 atom stereocenters. The van der Waals surface area contributed by atoms with Crippen LogP contribution in [0.5, 0.6) is 0 Å². The summed E-state index contributed by atoms with van der Waals surface area (Å²) in [5.41, 5.74) is 0.462. The van der Waals surface area contributed by atoms with E-state index in [-0.39, 0.29) is 17.0 Å². The maximum atomic E-state index is 15.1. The molecule has 3 N–H and O–H groups in total. The smallest absolute Gasteiger partial charge is 0.332 e. The van der Waals surface area contributed by atoms with Crippen LogP contribution in [0.25, 0.3) is 11.1 Å². The first kappa shape index (κ1) is 34.6. The zero-order valence-corrected chi connectivity index (χ0v) is 27.7. The van der Waals surface area contributed by atoms with Crippen molar-refractivity contribution in [1.29, 1.82) is 0 Å². The van der Waals surface area contributed by atoms with E-state index in [1.165, 1.54) is 54.7 Å². The van der Waals surface area contributed by atoms with E-state index in [0.29, 0.717) is 23.3 Å². The van der Waals surface area contributed by atoms with Gasteiger partial charge in [0.1, 0.15) is 23.2 Å². The molecule has 6 rings (SSSR count). The molecule has 0 spiro atoms. The summed E-state index contributed by atoms with van der Waals surface area (Å²) in [6.45, 7) is 0. The molecule has 0 aliphatic carbocycles. The topological polar surface area (TPSA) is 182 Å². The molecule has 0 bridgehead atoms. The molecule has 1 saturated heterocycles. The van der Waals surface area contributed by atoms with Crippen LogP contribution in [0.2, 0.25) is 0 Å². The fourth-order valence-electron chi connectivity index (χ4n) is 5.77. The third-order valence-corrected chi connectivity index (χ3v) is 9.82. The summed E-state index contributed by atoms with van der Waals surface area (Å²) in [4.78, 5) is 63.0. The molecular formula is C34H29F2N7O7S. The van der Waals surface area contributed by atoms with Crippen molar-refractivity contribution in [3.8, 4) is 11.1 Å². The van der Waals surface area contributed by atoms with Crippen LogP contribution in [0.4, 0.5) is 25.0 Å². The Morgan fingerprint density at radius 2 is 1.53 bits per heavy atom. The molecule has 262 valence electrons. The molecular weight excluding hydrogens is 688 g/mol. The summed E-state index contributed by atoms with van der Waals surface area (Å²) in [5.74, 6) is -6.27. The average Bonchev–Trinajstić information content (AvgIpc) is 3.49. The van der Waals surface area contributed by atoms with Gasteiger partial charge < -0.3 is 20.2 Å². The lowest BCUT2D eigenvalue weighted by Gasteiger charge is -2.40. The highest BCUT2D eigenvalue weighted by Crippen LogP contribution is 2.29. The number of pyridine rings is 1. The zero-order valence-electron chi connectivity index (χ0n) is 26.9. The van der Waals surface area contributed by atoms with Crippen molar-refractivity contribution in [2.75, 3.05) is 23.7 Å². The quantitative estimate of drug-likeness (QED) is 0.222. The predicted octanol–water partition coefficient (Wildman–Crippen LogP) is 3.32. The number of halogens is 2. The summed E-state index contributed by atoms with van der Waals surface area (Å²) >= 11 is 0. The summed E-state index contributed by atoms with van der Waals surface area (Å²) in [5, 5.41) is 11.9. The van der Waals surface area contributed by atoms with E-state index in [1.807, 2.05) is 0 Å². The number of hydrogen-bond donors (Lipinski definition) is 3. The molecule has 0 radical (unpaired) electrons. The van der Waals surface area contributed by atoms with E-state index in [4.69, 9.17) is 0 Å². The Balaban J connectivity index is 1.13. The number of carbonyl (C=O) groups excluding carboxylic acids is 3. The molecule has 1 aromatic heterocycles. The van der Waals surface area contributed by atoms with Crippen LogP contribution >= 0.6 is 0 Å². The number of nitrogens with one attached hydrogen (secondary N) is 2. The van der Waals surface area contributed by atoms with E-state index in [9.17, 15) is 32.7 Å². The van der Waals surface area contributed by atoms with E-state index >= 15 is 8.78 Å². The Bertz CT molecular complexity index is 2150. The number of carboxylic acid groups (broad SMARTS) is 1. The summed E-state index contributed by atoms with van der Waals surface area (Å²) in [6, 6.07) is 13.2. The zero-order chi connectivity index (χ0) is 36.6. The Kier molecular flexibility index (Phi) is 9.22. The number of fused-ring (bicyclic) bond motifs is 1. The Morgan fingerprint density at radius 1 is 0.922 bits per heavy atom. The molecule has 1 fully saturated rings. The van der Waals surface area contributed by atoms with Gasteiger partial charge in [-0.3, -0.25) is 19.3 Å². The second kappa shape index (κ2) is 13.6. The lowest BCUT2D eigenvalue weighted by Crippen LogP contribution is -2.64. The highest BCUT2D eigenvalue weighted by atomic mass is 32.2. The number of aliphatic carboxylic acids is 1. The standard InChI is InChI=1S/C34H29F2N7O7S/c1-41-18-38-30-29(41)32(45)43(34(48)42(30)2)23-7-3-19(4-8-23)15-27(33(46)47)39-31(44)28-25(35)16-22(17-26(28)36)40-51(49,50)24-9-5-20(6-10-24)21-11-13-37-14-12-21/h3-14,16-18,27,29-30,40H,15H2,1-2H3,(H,39,44)(H,46,47)/t27-,29?,30?/m0/s1. The maximum absolute atomic E-state index is 15.1. The van der Waals surface area contributed by atoms with Crippen molar-refractivity contribution >= 4 is 51.6 Å². The molecule has 2 aliphatic rings. The molecule has 14 nitrogen and oxygen atoms in total. The number of rotatable bonds is 10. The monoisotopic (exact) mass is 717 g/mol. The van der Waals surface area contributed by atoms with Gasteiger partial charge in [0.15, 0.2) is 12.2 Å². The van der Waals surface area contributed by atoms with Gasteiger partial charge in [0.2, 0.25) is 0 Å². The van der Waals surface area contributed by atoms with Gasteiger partial charge >= 0.3 is 12.0 Å². The van der Waals surface area contributed by atoms with Gasteiger partial charge in [-0.25, -0.2) is 36.7 Å². The second-order valence-electron chi connectivity index (χ2n) is 11.8. The molecule has 4 amide bonds. The van der Waals surface area contributed by atoms with Crippen LogP contribution in [0.1, 0.15) is 15.9 Å². The van der Waals surface area contributed by atoms with Crippen LogP contribution in [0, 0.1) is 11.6 Å². The first-order valence-corrected chi connectivity index (χ1v) is 16.7. The van der Waals surface area contributed by atoms with Crippen LogP contribution in [0.3, 0.4) is 0 Å². The highest BCUT2D eigenvalue weighted by Gasteiger charge is 2.49. The Labute approximate surface area is 290 Å². The highest BCUT2D eigenvalue weighted by molar-refractivity contribution is 7.92. The van der Waals surface area contributed by atoms with E-state index in [2.05, 4.69) is 20.0 Å². The van der Waals surface area contributed by atoms with Gasteiger partial charge in [-0.05, 0) is 65.2 Å². The minimum absolute atomic E-state index is 0.189. The molecule has 3 aromatic carbocycles. The Morgan fingerprint density at radius 3 is 2.14 bits per heavy atom. The number of sulfonamides is 1. The maximum Gasteiger partial charge on any atom is 0.332 e. The first-order valence-electron chi connectivity index (χ1n) is 15.3. The third-order valence-electron chi connectivity index (χ3n) is 8.42. The SMILES string of the molecule is CN1C=NC2C1C(=O)N(c1ccc(C[C@H](NC(=O)c3c(F)cc(NS(=O)(=O)c4ccc(-c5ccncc5)cc4)cc3F)C(=O)O)cc1)C(=O)N2C. The van der Waals surface area contributed by atoms with Gasteiger partial charge in [0.05, 0.1) is 22.6 Å². The first-order chi connectivity index (χ1) is 24.2. The molecule has 0 saturated carbocycles. The molecule has 2 unspecified atom stereocenters. The largest absolute Gasteiger partial charge is 0.480 e. The molecule has 3 heterocycles. The lowest BCUT2D eigenvalue weighted by atomic mass is 10.0. The van der Waals surface area contributed by atoms with E-state index in [1.54, 1.807) is 48.6 Å². The number of hydrogen-bond acceptors (Lipinski definition) is 9. The minimum Gasteiger partial charge on any atom is -0.480 e. The van der Waals surface area contributed by atoms with Crippen LogP contribution in [-0.4, -0.2) is 90.8 Å². The van der Waals surface area contributed by atoms with Crippen molar-refractivity contribution in [3.63, 3.8) is 0 Å². The second-order valence-corrected chi connectivity index (χ2v) is 13.5. The molecule has 4 aromatic rings. The van der Waals surface area contributed by atoms with Gasteiger partial charge in [-0.1, -0.05) is 24.3 Å². The number of carboxylic acids is 1. The number of aliphatic imine (C=N–C) groups is 1. The van der Waals surface area contributed by atoms with Crippen LogP contribution in [0.15, 0.2) is 95.1 Å². The lowest BCUT2D eigenvalue weighted by molar-refractivity contribution is -0.139. The fraction of sp³-hybridized carbons (Fsp3) is 0.176. The number of nitrogens with zero attached hydrogens (tertiary/aromatic N) is 5. The van der Waals surface area contributed by atoms with Crippen molar-refractivity contribution in [2.24, 2.45) is 4.99 Å². The van der Waals surface area contributed by atoms with Gasteiger partial charge in [0, 0.05) is 32.9 Å². The fourth-order valence-corrected chi connectivity index (χ4v) is 6.81. The number of likely N-dealkylation sites (N-methyl/N-ethyl adjacent to an activating group) is 2. The Hall–Kier alpha value is -6.23. The van der Waals surface area contributed by atoms with Gasteiger partial charge in [-0.2, -0.15) is 0 Å². The summed E-state index contributed by atoms with van der Waals surface area (Å²) < 4.78 is 58.2. The molecule has 17 heteroatoms. The van der Waals surface area contributed by atoms with E-state index < -0.39 is 75.0 Å². The number of carbonyl (C=O) groups is 4. The molecule has 51 heavy (non-hydrogen) atoms. The van der Waals surface area contributed by atoms with Crippen molar-refractivity contribution in [2.45, 2.75) is 29.6 Å². The summed E-state index contributed by atoms with van der Waals surface area (Å²) in [6.07, 6.45) is 3.65. The van der Waals surface area contributed by atoms with E-state index in [0.717, 1.165) is 10.5 Å². The van der Waals surface area contributed by atoms with Gasteiger partial charge in [0.25, 0.3) is 21.8 Å². The van der Waals surface area contributed by atoms with Crippen molar-refractivity contribution in [1.82, 2.24) is 20.1 Å². The number of imide groups is 1. The number of amides is 4. The molecule has 2 aliphatic heterocycles. The van der Waals surface area contributed by atoms with Crippen molar-refractivity contribution in [3.05, 3.63) is 108 Å². The third kappa shape index (κ3) is 6.83. The van der Waals surface area contributed by atoms with Crippen LogP contribution < -0.4 is 14.9 Å². The van der Waals surface area contributed by atoms with Crippen LogP contribution in [-0.2, 0) is 26.0 Å². The van der Waals surface area contributed by atoms with Crippen molar-refractivity contribution < 1.29 is 41.5 Å².